The lowest BCUT2D eigenvalue weighted by Crippen LogP contribution is -2.39. The van der Waals surface area contributed by atoms with Gasteiger partial charge in [0.25, 0.3) is 0 Å². The molecule has 26 heavy (non-hydrogen) atoms. The molecule has 136 valence electrons. The van der Waals surface area contributed by atoms with Crippen molar-refractivity contribution >= 4 is 5.82 Å². The molecule has 1 aliphatic heterocycles. The summed E-state index contributed by atoms with van der Waals surface area (Å²) in [5.74, 6) is 4.24. The predicted octanol–water partition coefficient (Wildman–Crippen LogP) is 2.48. The van der Waals surface area contributed by atoms with Gasteiger partial charge in [0, 0.05) is 18.8 Å². The highest BCUT2D eigenvalue weighted by atomic mass is 15.4. The van der Waals surface area contributed by atoms with Crippen molar-refractivity contribution in [2.75, 3.05) is 11.4 Å². The van der Waals surface area contributed by atoms with Crippen molar-refractivity contribution in [1.29, 1.82) is 0 Å². The Balaban J connectivity index is 1.66. The third-order valence-electron chi connectivity index (χ3n) is 4.72. The molecule has 1 atom stereocenters. The quantitative estimate of drug-likeness (QED) is 0.718. The van der Waals surface area contributed by atoms with Crippen LogP contribution in [0.2, 0.25) is 0 Å². The van der Waals surface area contributed by atoms with Crippen molar-refractivity contribution in [1.82, 2.24) is 34.5 Å². The maximum absolute atomic E-state index is 4.50. The van der Waals surface area contributed by atoms with E-state index in [1.54, 1.807) is 11.0 Å². The van der Waals surface area contributed by atoms with E-state index in [-0.39, 0.29) is 0 Å². The summed E-state index contributed by atoms with van der Waals surface area (Å²) in [6.45, 7) is 10.1. The Labute approximate surface area is 152 Å². The van der Waals surface area contributed by atoms with Crippen LogP contribution in [0, 0.1) is 19.8 Å². The third-order valence-corrected chi connectivity index (χ3v) is 4.72. The van der Waals surface area contributed by atoms with Gasteiger partial charge in [0.05, 0.1) is 18.8 Å². The van der Waals surface area contributed by atoms with E-state index in [1.807, 2.05) is 32.3 Å². The number of nitrogens with zero attached hydrogens (tertiary/aromatic N) is 8. The van der Waals surface area contributed by atoms with Gasteiger partial charge in [-0.15, -0.1) is 10.2 Å². The van der Waals surface area contributed by atoms with Crippen molar-refractivity contribution in [3.05, 3.63) is 42.0 Å². The molecule has 4 rings (SSSR count). The number of aromatic nitrogens is 7. The topological polar surface area (TPSA) is 77.5 Å². The van der Waals surface area contributed by atoms with Crippen LogP contribution in [0.1, 0.15) is 43.5 Å². The Morgan fingerprint density at radius 1 is 1.15 bits per heavy atom. The zero-order chi connectivity index (χ0) is 18.3. The van der Waals surface area contributed by atoms with Gasteiger partial charge >= 0.3 is 0 Å². The number of fused-ring (bicyclic) bond motifs is 1. The Morgan fingerprint density at radius 3 is 2.69 bits per heavy atom. The Bertz CT molecular complexity index is 910. The van der Waals surface area contributed by atoms with E-state index in [2.05, 4.69) is 48.6 Å². The van der Waals surface area contributed by atoms with Crippen LogP contribution >= 0.6 is 0 Å². The molecule has 0 bridgehead atoms. The number of hydrogen-bond acceptors (Lipinski definition) is 6. The molecular weight excluding hydrogens is 328 g/mol. The second kappa shape index (κ2) is 6.51. The summed E-state index contributed by atoms with van der Waals surface area (Å²) in [5.41, 5.74) is 1.10. The van der Waals surface area contributed by atoms with Crippen LogP contribution in [0.4, 0.5) is 5.82 Å². The van der Waals surface area contributed by atoms with Gasteiger partial charge < -0.3 is 9.47 Å². The van der Waals surface area contributed by atoms with Crippen molar-refractivity contribution in [2.45, 2.75) is 46.7 Å². The molecule has 4 heterocycles. The molecule has 0 aliphatic carbocycles. The van der Waals surface area contributed by atoms with E-state index in [4.69, 9.17) is 0 Å². The minimum atomic E-state index is 0.346. The number of anilines is 1. The summed E-state index contributed by atoms with van der Waals surface area (Å²) >= 11 is 0. The maximum Gasteiger partial charge on any atom is 0.158 e. The third kappa shape index (κ3) is 3.07. The first-order chi connectivity index (χ1) is 12.5. The summed E-state index contributed by atoms with van der Waals surface area (Å²) in [6, 6.07) is 2.33. The molecule has 3 aromatic heterocycles. The van der Waals surface area contributed by atoms with Gasteiger partial charge in [-0.05, 0) is 31.7 Å². The van der Waals surface area contributed by atoms with Gasteiger partial charge in [-0.3, -0.25) is 0 Å². The van der Waals surface area contributed by atoms with E-state index in [0.29, 0.717) is 18.5 Å². The second-order valence-electron chi connectivity index (χ2n) is 7.39. The molecule has 0 fully saturated rings. The molecule has 0 N–H and O–H groups in total. The molecule has 8 heteroatoms. The summed E-state index contributed by atoms with van der Waals surface area (Å²) in [5, 5.41) is 13.0. The van der Waals surface area contributed by atoms with Crippen molar-refractivity contribution in [3.8, 4) is 5.82 Å². The SMILES string of the molecule is Cc1cnn(-c2cc(N3Cc4nnc(C)n4[C@@H](CC(C)C)C3)ncn2)c1. The zero-order valence-corrected chi connectivity index (χ0v) is 15.7. The van der Waals surface area contributed by atoms with Crippen LogP contribution in [0.5, 0.6) is 0 Å². The van der Waals surface area contributed by atoms with Crippen molar-refractivity contribution < 1.29 is 0 Å². The number of rotatable bonds is 4. The second-order valence-corrected chi connectivity index (χ2v) is 7.39. The van der Waals surface area contributed by atoms with Crippen molar-refractivity contribution in [3.63, 3.8) is 0 Å². The van der Waals surface area contributed by atoms with Crippen LogP contribution in [-0.2, 0) is 6.54 Å². The van der Waals surface area contributed by atoms with E-state index >= 15 is 0 Å². The van der Waals surface area contributed by atoms with E-state index in [0.717, 1.165) is 41.8 Å². The lowest BCUT2D eigenvalue weighted by atomic mass is 10.0. The summed E-state index contributed by atoms with van der Waals surface area (Å²) < 4.78 is 4.07. The van der Waals surface area contributed by atoms with Crippen LogP contribution in [0.25, 0.3) is 5.82 Å². The molecule has 0 unspecified atom stereocenters. The lowest BCUT2D eigenvalue weighted by molar-refractivity contribution is 0.357. The highest BCUT2D eigenvalue weighted by Gasteiger charge is 2.29. The minimum absolute atomic E-state index is 0.346. The smallest absolute Gasteiger partial charge is 0.158 e. The standard InChI is InChI=1S/C18H24N8/c1-12(2)5-15-9-24(10-18-23-22-14(4)26(15)18)16-6-17(20-11-19-16)25-8-13(3)7-21-25/h6-8,11-12,15H,5,9-10H2,1-4H3/t15-/m0/s1. The summed E-state index contributed by atoms with van der Waals surface area (Å²) in [4.78, 5) is 11.1. The first-order valence-electron chi connectivity index (χ1n) is 9.00. The van der Waals surface area contributed by atoms with Gasteiger partial charge in [-0.1, -0.05) is 13.8 Å². The summed E-state index contributed by atoms with van der Waals surface area (Å²) in [6.07, 6.45) is 6.47. The molecule has 0 saturated carbocycles. The maximum atomic E-state index is 4.50. The number of hydrogen-bond donors (Lipinski definition) is 0. The average molecular weight is 352 g/mol. The summed E-state index contributed by atoms with van der Waals surface area (Å²) in [7, 11) is 0. The van der Waals surface area contributed by atoms with Crippen LogP contribution in [-0.4, -0.2) is 41.1 Å². The van der Waals surface area contributed by atoms with E-state index < -0.39 is 0 Å². The van der Waals surface area contributed by atoms with Crippen LogP contribution in [0.15, 0.2) is 24.8 Å². The fraction of sp³-hybridized carbons (Fsp3) is 0.500. The van der Waals surface area contributed by atoms with Gasteiger partial charge in [-0.2, -0.15) is 5.10 Å². The fourth-order valence-electron chi connectivity index (χ4n) is 3.64. The first-order valence-corrected chi connectivity index (χ1v) is 9.00. The van der Waals surface area contributed by atoms with Crippen LogP contribution in [0.3, 0.4) is 0 Å². The molecule has 8 nitrogen and oxygen atoms in total. The zero-order valence-electron chi connectivity index (χ0n) is 15.7. The molecule has 1 aliphatic rings. The van der Waals surface area contributed by atoms with Gasteiger partial charge in [-0.25, -0.2) is 14.6 Å². The molecular formula is C18H24N8. The average Bonchev–Trinajstić information content (AvgIpc) is 3.21. The molecule has 0 saturated heterocycles. The molecule has 3 aromatic rings. The fourth-order valence-corrected chi connectivity index (χ4v) is 3.64. The largest absolute Gasteiger partial charge is 0.347 e. The normalized spacial score (nSPS) is 17.0. The van der Waals surface area contributed by atoms with Gasteiger partial charge in [0.2, 0.25) is 0 Å². The molecule has 0 spiro atoms. The minimum Gasteiger partial charge on any atom is -0.347 e. The molecule has 0 amide bonds. The number of aryl methyl sites for hydroxylation is 2. The highest BCUT2D eigenvalue weighted by molar-refractivity contribution is 5.44. The predicted molar refractivity (Wildman–Crippen MR) is 98.2 cm³/mol. The highest BCUT2D eigenvalue weighted by Crippen LogP contribution is 2.29. The van der Waals surface area contributed by atoms with Gasteiger partial charge in [0.15, 0.2) is 11.6 Å². The van der Waals surface area contributed by atoms with Gasteiger partial charge in [0.1, 0.15) is 18.0 Å². The lowest BCUT2D eigenvalue weighted by Gasteiger charge is -2.35. The molecule has 0 radical (unpaired) electrons. The Morgan fingerprint density at radius 2 is 1.96 bits per heavy atom. The van der Waals surface area contributed by atoms with Crippen LogP contribution < -0.4 is 4.90 Å². The van der Waals surface area contributed by atoms with Crippen molar-refractivity contribution in [2.24, 2.45) is 5.92 Å². The van der Waals surface area contributed by atoms with E-state index in [9.17, 15) is 0 Å². The Kier molecular flexibility index (Phi) is 4.18. The Hall–Kier alpha value is -2.77. The monoisotopic (exact) mass is 352 g/mol. The first kappa shape index (κ1) is 16.7. The van der Waals surface area contributed by atoms with E-state index in [1.165, 1.54) is 0 Å². The molecule has 0 aromatic carbocycles.